The maximum atomic E-state index is 7.85. The molecule has 0 unspecified atom stereocenters. The number of thiocarbonyl (C=S) groups is 1. The van der Waals surface area contributed by atoms with Crippen LogP contribution in [0.25, 0.3) is 5.32 Å². The van der Waals surface area contributed by atoms with Crippen LogP contribution in [0.1, 0.15) is 0 Å². The Morgan fingerprint density at radius 1 is 1.88 bits per heavy atom. The molecule has 0 bridgehead atoms. The fourth-order valence-corrected chi connectivity index (χ4v) is 0.259. The summed E-state index contributed by atoms with van der Waals surface area (Å²) in [6.45, 7) is 0. The van der Waals surface area contributed by atoms with Crippen molar-refractivity contribution in [1.82, 2.24) is 0 Å². The molecule has 0 saturated carbocycles. The van der Waals surface area contributed by atoms with Crippen molar-refractivity contribution >= 4 is 28.3 Å². The van der Waals surface area contributed by atoms with Crippen molar-refractivity contribution in [2.75, 3.05) is 6.26 Å². The summed E-state index contributed by atoms with van der Waals surface area (Å²) < 4.78 is 0.391. The average molecular weight is 170 g/mol. The Morgan fingerprint density at radius 3 is 2.50 bits per heavy atom. The number of nitriles is 1. The summed E-state index contributed by atoms with van der Waals surface area (Å²) in [6.07, 6.45) is 3.36. The van der Waals surface area contributed by atoms with Crippen molar-refractivity contribution in [2.45, 2.75) is 0 Å². The van der Waals surface area contributed by atoms with Gasteiger partial charge in [0.05, 0.1) is 4.32 Å². The topological polar surface area (TPSA) is 37.9 Å². The van der Waals surface area contributed by atoms with Gasteiger partial charge in [-0.3, -0.25) is 0 Å². The molecule has 0 spiro atoms. The predicted molar refractivity (Wildman–Crippen MR) is 35.1 cm³/mol. The van der Waals surface area contributed by atoms with Crippen LogP contribution >= 0.6 is 24.0 Å². The summed E-state index contributed by atoms with van der Waals surface area (Å²) in [5.74, 6) is 0. The van der Waals surface area contributed by atoms with Crippen LogP contribution in [-0.4, -0.2) is 10.6 Å². The third-order valence-electron chi connectivity index (χ3n) is 0.316. The van der Waals surface area contributed by atoms with E-state index in [2.05, 4.69) is 17.5 Å². The minimum Gasteiger partial charge on any atom is -0.494 e. The Kier molecular flexibility index (Phi) is 12.6. The molecule has 2 nitrogen and oxygen atoms in total. The molecule has 0 aromatic rings. The third-order valence-corrected chi connectivity index (χ3v) is 1.35. The van der Waals surface area contributed by atoms with Crippen LogP contribution < -0.4 is 51.4 Å². The second-order valence-electron chi connectivity index (χ2n) is 0.682. The van der Waals surface area contributed by atoms with Crippen molar-refractivity contribution < 1.29 is 51.4 Å². The number of nitrogens with zero attached hydrogens (tertiary/aromatic N) is 2. The third kappa shape index (κ3) is 7.37. The van der Waals surface area contributed by atoms with Gasteiger partial charge < -0.3 is 10.6 Å². The van der Waals surface area contributed by atoms with Gasteiger partial charge in [-0.15, -0.1) is 11.8 Å². The van der Waals surface area contributed by atoms with E-state index in [1.54, 1.807) is 12.4 Å². The summed E-state index contributed by atoms with van der Waals surface area (Å²) >= 11 is 5.82. The zero-order chi connectivity index (χ0) is 5.70. The summed E-state index contributed by atoms with van der Waals surface area (Å²) in [5, 5.41) is 11.1. The standard InChI is InChI=1S/C3H4N2S2.K/c1-7-3(6)5-2-4;/h1H3,(H,5,6);/q;+1/p-1. The molecule has 5 heteroatoms. The Hall–Kier alpha value is 1.37. The maximum absolute atomic E-state index is 7.85. The molecule has 8 heavy (non-hydrogen) atoms. The van der Waals surface area contributed by atoms with Gasteiger partial charge in [0.1, 0.15) is 0 Å². The largest absolute Gasteiger partial charge is 1.00 e. The fourth-order valence-electron chi connectivity index (χ4n) is 0.0865. The molecule has 0 radical (unpaired) electrons. The van der Waals surface area contributed by atoms with Crippen molar-refractivity contribution in [1.29, 1.82) is 5.26 Å². The van der Waals surface area contributed by atoms with Crippen LogP contribution in [0.4, 0.5) is 0 Å². The van der Waals surface area contributed by atoms with Crippen molar-refractivity contribution in [3.63, 3.8) is 0 Å². The molecule has 0 aromatic carbocycles. The Morgan fingerprint density at radius 2 is 2.38 bits per heavy atom. The first-order chi connectivity index (χ1) is 3.31. The molecule has 0 aromatic heterocycles. The SMILES string of the molecule is CSC(=S)[N-]C#N.[K+]. The maximum Gasteiger partial charge on any atom is 1.00 e. The van der Waals surface area contributed by atoms with Gasteiger partial charge in [-0.05, 0) is 6.26 Å². The number of hydrogen-bond acceptors (Lipinski definition) is 3. The van der Waals surface area contributed by atoms with E-state index in [-0.39, 0.29) is 51.4 Å². The van der Waals surface area contributed by atoms with Gasteiger partial charge >= 0.3 is 51.4 Å². The normalized spacial score (nSPS) is 6.00. The first-order valence-corrected chi connectivity index (χ1v) is 3.12. The van der Waals surface area contributed by atoms with Crippen LogP contribution in [0.15, 0.2) is 0 Å². The van der Waals surface area contributed by atoms with E-state index in [9.17, 15) is 0 Å². The quantitative estimate of drug-likeness (QED) is 0.252. The number of rotatable bonds is 0. The molecule has 0 rings (SSSR count). The van der Waals surface area contributed by atoms with Gasteiger partial charge in [0.15, 0.2) is 0 Å². The molecule has 0 atom stereocenters. The molecular weight excluding hydrogens is 167 g/mol. The molecule has 0 amide bonds. The van der Waals surface area contributed by atoms with Crippen LogP contribution in [0, 0.1) is 11.5 Å². The number of hydrogen-bond donors (Lipinski definition) is 0. The van der Waals surface area contributed by atoms with Crippen LogP contribution in [0.3, 0.4) is 0 Å². The first-order valence-electron chi connectivity index (χ1n) is 1.49. The smallest absolute Gasteiger partial charge is 0.494 e. The monoisotopic (exact) mass is 170 g/mol. The van der Waals surface area contributed by atoms with Crippen LogP contribution in [-0.2, 0) is 0 Å². The Balaban J connectivity index is 0. The Labute approximate surface area is 101 Å². The molecule has 0 aliphatic carbocycles. The van der Waals surface area contributed by atoms with Gasteiger partial charge in [0, 0.05) is 0 Å². The summed E-state index contributed by atoms with van der Waals surface area (Å²) in [5.41, 5.74) is 0. The van der Waals surface area contributed by atoms with E-state index < -0.39 is 0 Å². The van der Waals surface area contributed by atoms with E-state index in [0.717, 1.165) is 0 Å². The van der Waals surface area contributed by atoms with E-state index in [1.807, 2.05) is 0 Å². The molecule has 0 fully saturated rings. The second kappa shape index (κ2) is 8.37. The van der Waals surface area contributed by atoms with E-state index in [4.69, 9.17) is 5.26 Å². The zero-order valence-corrected chi connectivity index (χ0v) is 9.47. The van der Waals surface area contributed by atoms with Gasteiger partial charge in [0.25, 0.3) is 0 Å². The van der Waals surface area contributed by atoms with Crippen LogP contribution in [0.5, 0.6) is 0 Å². The van der Waals surface area contributed by atoms with Gasteiger partial charge in [-0.1, -0.05) is 18.4 Å². The summed E-state index contributed by atoms with van der Waals surface area (Å²) in [6, 6.07) is 0. The zero-order valence-electron chi connectivity index (χ0n) is 4.71. The predicted octanol–water partition coefficient (Wildman–Crippen LogP) is -1.51. The molecule has 38 valence electrons. The fraction of sp³-hybridized carbons (Fsp3) is 0.333. The van der Waals surface area contributed by atoms with Crippen molar-refractivity contribution in [3.8, 4) is 6.19 Å². The molecule has 0 aliphatic heterocycles. The molecule has 0 N–H and O–H groups in total. The minimum atomic E-state index is 0. The van der Waals surface area contributed by atoms with Crippen molar-refractivity contribution in [2.24, 2.45) is 0 Å². The van der Waals surface area contributed by atoms with Crippen molar-refractivity contribution in [3.05, 3.63) is 5.32 Å². The first kappa shape index (κ1) is 12.1. The minimum absolute atomic E-state index is 0. The van der Waals surface area contributed by atoms with E-state index in [1.165, 1.54) is 11.8 Å². The summed E-state index contributed by atoms with van der Waals surface area (Å²) in [4.78, 5) is 0. The Bertz CT molecular complexity index is 108. The van der Waals surface area contributed by atoms with E-state index >= 15 is 0 Å². The molecule has 0 aliphatic rings. The molecule has 0 saturated heterocycles. The molecular formula is C3H3KN2S2. The summed E-state index contributed by atoms with van der Waals surface area (Å²) in [7, 11) is 0. The van der Waals surface area contributed by atoms with Gasteiger partial charge in [-0.25, -0.2) is 0 Å². The second-order valence-corrected chi connectivity index (χ2v) is 2.12. The van der Waals surface area contributed by atoms with E-state index in [0.29, 0.717) is 4.32 Å². The average Bonchev–Trinajstić information content (AvgIpc) is 1.68. The van der Waals surface area contributed by atoms with Crippen LogP contribution in [0.2, 0.25) is 0 Å². The number of thioether (sulfide) groups is 1. The van der Waals surface area contributed by atoms with Gasteiger partial charge in [0.2, 0.25) is 0 Å². The molecule has 0 heterocycles. The van der Waals surface area contributed by atoms with Gasteiger partial charge in [-0.2, -0.15) is 0 Å².